The lowest BCUT2D eigenvalue weighted by atomic mass is 9.97. The molecule has 3 aromatic carbocycles. The summed E-state index contributed by atoms with van der Waals surface area (Å²) in [5.41, 5.74) is 2.66. The number of hydrogen-bond acceptors (Lipinski definition) is 5. The smallest absolute Gasteiger partial charge is 0.408 e. The van der Waals surface area contributed by atoms with E-state index >= 15 is 0 Å². The van der Waals surface area contributed by atoms with Gasteiger partial charge in [0.05, 0.1) is 0 Å². The van der Waals surface area contributed by atoms with Crippen LogP contribution in [-0.2, 0) is 14.3 Å². The summed E-state index contributed by atoms with van der Waals surface area (Å²) in [7, 11) is 0. The van der Waals surface area contributed by atoms with Crippen LogP contribution in [0.4, 0.5) is 10.5 Å². The van der Waals surface area contributed by atoms with Gasteiger partial charge in [-0.05, 0) is 88.1 Å². The van der Waals surface area contributed by atoms with Crippen molar-refractivity contribution in [3.8, 4) is 0 Å². The Labute approximate surface area is 236 Å². The van der Waals surface area contributed by atoms with Crippen molar-refractivity contribution in [2.75, 3.05) is 11.1 Å². The molecule has 0 heterocycles. The molecule has 0 fully saturated rings. The highest BCUT2D eigenvalue weighted by molar-refractivity contribution is 7.80. The van der Waals surface area contributed by atoms with Crippen LogP contribution in [0.25, 0.3) is 10.8 Å². The monoisotopic (exact) mass is 549 g/mol. The van der Waals surface area contributed by atoms with Crippen LogP contribution >= 0.6 is 12.6 Å². The number of hydrogen-bond donors (Lipinski definition) is 3. The number of thiol groups is 1. The van der Waals surface area contributed by atoms with Gasteiger partial charge in [-0.1, -0.05) is 48.5 Å². The second-order valence-electron chi connectivity index (χ2n) is 11.0. The quantitative estimate of drug-likeness (QED) is 0.292. The number of benzene rings is 3. The third-order valence-electron chi connectivity index (χ3n) is 6.37. The molecule has 0 saturated heterocycles. The molecule has 8 heteroatoms. The average Bonchev–Trinajstić information content (AvgIpc) is 2.85. The highest BCUT2D eigenvalue weighted by Gasteiger charge is 2.37. The van der Waals surface area contributed by atoms with Gasteiger partial charge >= 0.3 is 6.09 Å². The highest BCUT2D eigenvalue weighted by atomic mass is 32.1. The number of carbonyl (C=O) groups is 3. The zero-order valence-electron chi connectivity index (χ0n) is 23.7. The number of amides is 3. The van der Waals surface area contributed by atoms with E-state index < -0.39 is 29.7 Å². The van der Waals surface area contributed by atoms with Gasteiger partial charge in [0.2, 0.25) is 5.91 Å². The Morgan fingerprint density at radius 3 is 2.18 bits per heavy atom. The van der Waals surface area contributed by atoms with E-state index in [-0.39, 0.29) is 17.7 Å². The number of fused-ring (bicyclic) bond motifs is 1. The molecule has 0 aromatic heterocycles. The van der Waals surface area contributed by atoms with Crippen LogP contribution < -0.4 is 10.6 Å². The van der Waals surface area contributed by atoms with Crippen molar-refractivity contribution < 1.29 is 19.1 Å². The number of ether oxygens (including phenoxy) is 1. The number of rotatable bonds is 8. The molecule has 2 atom stereocenters. The van der Waals surface area contributed by atoms with E-state index in [1.807, 2.05) is 88.4 Å². The van der Waals surface area contributed by atoms with E-state index in [2.05, 4.69) is 23.3 Å². The predicted molar refractivity (Wildman–Crippen MR) is 160 cm³/mol. The summed E-state index contributed by atoms with van der Waals surface area (Å²) >= 11 is 4.34. The molecule has 0 radical (unpaired) electrons. The summed E-state index contributed by atoms with van der Waals surface area (Å²) < 4.78 is 5.36. The molecule has 7 nitrogen and oxygen atoms in total. The van der Waals surface area contributed by atoms with Crippen molar-refractivity contribution in [2.24, 2.45) is 0 Å². The Hall–Kier alpha value is -3.52. The lowest BCUT2D eigenvalue weighted by Crippen LogP contribution is -2.55. The minimum absolute atomic E-state index is 0.0350. The maximum absolute atomic E-state index is 14.0. The van der Waals surface area contributed by atoms with E-state index in [1.54, 1.807) is 20.8 Å². The molecule has 0 bridgehead atoms. The fraction of sp³-hybridized carbons (Fsp3) is 0.387. The maximum Gasteiger partial charge on any atom is 0.408 e. The van der Waals surface area contributed by atoms with Crippen LogP contribution in [0.5, 0.6) is 0 Å². The molecule has 0 spiro atoms. The largest absolute Gasteiger partial charge is 0.444 e. The van der Waals surface area contributed by atoms with Gasteiger partial charge in [-0.2, -0.15) is 12.6 Å². The Balaban J connectivity index is 2.00. The van der Waals surface area contributed by atoms with Crippen LogP contribution in [-0.4, -0.2) is 46.2 Å². The number of carbonyl (C=O) groups excluding carboxylic acids is 3. The van der Waals surface area contributed by atoms with E-state index in [1.165, 1.54) is 4.90 Å². The zero-order chi connectivity index (χ0) is 28.9. The van der Waals surface area contributed by atoms with Gasteiger partial charge in [-0.3, -0.25) is 9.59 Å². The highest BCUT2D eigenvalue weighted by Crippen LogP contribution is 2.29. The number of alkyl carbamates (subject to hydrolysis) is 1. The van der Waals surface area contributed by atoms with Gasteiger partial charge < -0.3 is 20.3 Å². The van der Waals surface area contributed by atoms with Crippen LogP contribution in [0, 0.1) is 13.8 Å². The molecular weight excluding hydrogens is 510 g/mol. The molecule has 39 heavy (non-hydrogen) atoms. The molecule has 3 rings (SSSR count). The zero-order valence-corrected chi connectivity index (χ0v) is 24.6. The molecule has 0 aliphatic carbocycles. The van der Waals surface area contributed by atoms with Gasteiger partial charge in [0.15, 0.2) is 0 Å². The fourth-order valence-corrected chi connectivity index (χ4v) is 4.59. The van der Waals surface area contributed by atoms with E-state index in [0.29, 0.717) is 11.3 Å². The van der Waals surface area contributed by atoms with Crippen molar-refractivity contribution >= 4 is 47.0 Å². The summed E-state index contributed by atoms with van der Waals surface area (Å²) in [6, 6.07) is 17.0. The number of aryl methyl sites for hydroxylation is 2. The Morgan fingerprint density at radius 2 is 1.59 bits per heavy atom. The molecule has 0 aliphatic rings. The van der Waals surface area contributed by atoms with Crippen molar-refractivity contribution in [3.05, 3.63) is 77.4 Å². The summed E-state index contributed by atoms with van der Waals surface area (Å²) in [5.74, 6) is -0.749. The molecule has 2 unspecified atom stereocenters. The third kappa shape index (κ3) is 7.76. The first-order chi connectivity index (χ1) is 18.3. The number of anilines is 1. The van der Waals surface area contributed by atoms with Crippen LogP contribution in [0.1, 0.15) is 57.4 Å². The van der Waals surface area contributed by atoms with Crippen molar-refractivity contribution in [3.63, 3.8) is 0 Å². The van der Waals surface area contributed by atoms with E-state index in [9.17, 15) is 14.4 Å². The molecular formula is C31H39N3O4S. The van der Waals surface area contributed by atoms with Gasteiger partial charge in [-0.25, -0.2) is 4.79 Å². The third-order valence-corrected chi connectivity index (χ3v) is 6.74. The van der Waals surface area contributed by atoms with Crippen LogP contribution in [0.15, 0.2) is 60.7 Å². The average molecular weight is 550 g/mol. The minimum Gasteiger partial charge on any atom is -0.444 e. The van der Waals surface area contributed by atoms with Gasteiger partial charge in [0.1, 0.15) is 17.7 Å². The Bertz CT molecular complexity index is 1350. The standard InChI is InChI=1S/C31H39N3O4S/c1-19(2)34(29(36)26(18-39)33-30(37)38-31(5,6)7)27(24-13-12-20(3)21(4)16-24)28(35)32-25-15-14-22-10-8-9-11-23(22)17-25/h8-17,19,26-27,39H,18H2,1-7H3,(H,32,35)(H,33,37). The number of nitrogens with zero attached hydrogens (tertiary/aromatic N) is 1. The molecule has 3 aromatic rings. The summed E-state index contributed by atoms with van der Waals surface area (Å²) in [6.07, 6.45) is -0.720. The van der Waals surface area contributed by atoms with Gasteiger partial charge in [-0.15, -0.1) is 0 Å². The van der Waals surface area contributed by atoms with Crippen LogP contribution in [0.3, 0.4) is 0 Å². The topological polar surface area (TPSA) is 87.7 Å². The first-order valence-corrected chi connectivity index (χ1v) is 13.7. The SMILES string of the molecule is Cc1ccc(C(C(=O)Nc2ccc3ccccc3c2)N(C(=O)C(CS)NC(=O)OC(C)(C)C)C(C)C)cc1C. The van der Waals surface area contributed by atoms with Gasteiger partial charge in [0, 0.05) is 17.5 Å². The summed E-state index contributed by atoms with van der Waals surface area (Å²) in [5, 5.41) is 7.71. The minimum atomic E-state index is -0.993. The normalized spacial score (nSPS) is 13.1. The number of nitrogens with one attached hydrogen (secondary N) is 2. The molecule has 2 N–H and O–H groups in total. The van der Waals surface area contributed by atoms with Crippen molar-refractivity contribution in [2.45, 2.75) is 72.2 Å². The Morgan fingerprint density at radius 1 is 0.923 bits per heavy atom. The molecule has 0 saturated carbocycles. The summed E-state index contributed by atoms with van der Waals surface area (Å²) in [4.78, 5) is 41.9. The van der Waals surface area contributed by atoms with E-state index in [0.717, 1.165) is 21.9 Å². The van der Waals surface area contributed by atoms with Gasteiger partial charge in [0.25, 0.3) is 5.91 Å². The van der Waals surface area contributed by atoms with Crippen molar-refractivity contribution in [1.29, 1.82) is 0 Å². The lowest BCUT2D eigenvalue weighted by Gasteiger charge is -2.37. The Kier molecular flexibility index (Phi) is 9.67. The van der Waals surface area contributed by atoms with E-state index in [4.69, 9.17) is 4.74 Å². The second kappa shape index (κ2) is 12.6. The molecule has 208 valence electrons. The van der Waals surface area contributed by atoms with Crippen molar-refractivity contribution in [1.82, 2.24) is 10.2 Å². The fourth-order valence-electron chi connectivity index (χ4n) is 4.35. The molecule has 3 amide bonds. The second-order valence-corrected chi connectivity index (χ2v) is 11.4. The predicted octanol–water partition coefficient (Wildman–Crippen LogP) is 6.20. The van der Waals surface area contributed by atoms with Crippen LogP contribution in [0.2, 0.25) is 0 Å². The first kappa shape index (κ1) is 30.0. The maximum atomic E-state index is 14.0. The summed E-state index contributed by atoms with van der Waals surface area (Å²) in [6.45, 7) is 12.9. The first-order valence-electron chi connectivity index (χ1n) is 13.1. The molecule has 0 aliphatic heterocycles. The lowest BCUT2D eigenvalue weighted by molar-refractivity contribution is -0.142.